The zero-order chi connectivity index (χ0) is 13.7. The first-order valence-electron chi connectivity index (χ1n) is 5.70. The van der Waals surface area contributed by atoms with E-state index in [9.17, 15) is 9.59 Å². The van der Waals surface area contributed by atoms with Crippen molar-refractivity contribution in [3.8, 4) is 0 Å². The summed E-state index contributed by atoms with van der Waals surface area (Å²) < 4.78 is 0.649. The lowest BCUT2D eigenvalue weighted by Gasteiger charge is -2.16. The molecule has 2 N–H and O–H groups in total. The molecule has 1 aromatic rings. The summed E-state index contributed by atoms with van der Waals surface area (Å²) in [5.41, 5.74) is 0.438. The zero-order valence-electron chi connectivity index (χ0n) is 10.3. The quantitative estimate of drug-likeness (QED) is 0.878. The minimum absolute atomic E-state index is 0.200. The predicted molar refractivity (Wildman–Crippen MR) is 72.5 cm³/mol. The Bertz CT molecular complexity index is 446. The molecule has 4 nitrogen and oxygen atoms in total. The van der Waals surface area contributed by atoms with Crippen molar-refractivity contribution in [2.24, 2.45) is 5.92 Å². The van der Waals surface area contributed by atoms with Crippen molar-refractivity contribution in [2.75, 3.05) is 0 Å². The molecule has 0 heterocycles. The van der Waals surface area contributed by atoms with Gasteiger partial charge in [0, 0.05) is 4.47 Å². The molecule has 1 rings (SSSR count). The van der Waals surface area contributed by atoms with Crippen LogP contribution in [0.3, 0.4) is 0 Å². The van der Waals surface area contributed by atoms with Crippen LogP contribution < -0.4 is 5.32 Å². The van der Waals surface area contributed by atoms with Crippen LogP contribution in [0, 0.1) is 5.92 Å². The predicted octanol–water partition coefficient (Wildman–Crippen LogP) is 2.68. The molecule has 1 atom stereocenters. The van der Waals surface area contributed by atoms with E-state index in [1.165, 1.54) is 0 Å². The molecule has 0 saturated carbocycles. The van der Waals surface area contributed by atoms with Crippen LogP contribution in [-0.4, -0.2) is 23.0 Å². The number of carbonyl (C=O) groups excluding carboxylic acids is 1. The van der Waals surface area contributed by atoms with Crippen LogP contribution in [0.5, 0.6) is 0 Å². The molecular weight excluding hydrogens is 298 g/mol. The van der Waals surface area contributed by atoms with Gasteiger partial charge in [-0.3, -0.25) is 4.79 Å². The van der Waals surface area contributed by atoms with Crippen LogP contribution in [-0.2, 0) is 4.79 Å². The average Bonchev–Trinajstić information content (AvgIpc) is 2.27. The van der Waals surface area contributed by atoms with E-state index in [4.69, 9.17) is 5.11 Å². The first kappa shape index (κ1) is 14.7. The van der Waals surface area contributed by atoms with Crippen molar-refractivity contribution in [3.63, 3.8) is 0 Å². The van der Waals surface area contributed by atoms with E-state index in [-0.39, 0.29) is 11.8 Å². The Morgan fingerprint density at radius 3 is 2.44 bits per heavy atom. The van der Waals surface area contributed by atoms with E-state index < -0.39 is 12.0 Å². The third-order valence-corrected chi connectivity index (χ3v) is 3.12. The number of aliphatic carboxylic acids is 1. The van der Waals surface area contributed by atoms with Gasteiger partial charge in [0.05, 0.1) is 5.56 Å². The summed E-state index contributed by atoms with van der Waals surface area (Å²) in [6, 6.07) is 6.06. The maximum atomic E-state index is 12.0. The van der Waals surface area contributed by atoms with Crippen molar-refractivity contribution in [1.82, 2.24) is 5.32 Å². The highest BCUT2D eigenvalue weighted by Crippen LogP contribution is 2.16. The summed E-state index contributed by atoms with van der Waals surface area (Å²) in [7, 11) is 0. The Kier molecular flexibility index (Phi) is 5.34. The molecule has 1 amide bonds. The number of amides is 1. The fraction of sp³-hybridized carbons (Fsp3) is 0.385. The molecule has 18 heavy (non-hydrogen) atoms. The molecule has 0 fully saturated rings. The number of rotatable bonds is 5. The smallest absolute Gasteiger partial charge is 0.326 e. The first-order valence-corrected chi connectivity index (χ1v) is 6.49. The van der Waals surface area contributed by atoms with E-state index in [0.717, 1.165) is 0 Å². The van der Waals surface area contributed by atoms with Crippen LogP contribution in [0.2, 0.25) is 0 Å². The molecule has 0 bridgehead atoms. The Morgan fingerprint density at radius 2 is 1.94 bits per heavy atom. The monoisotopic (exact) mass is 313 g/mol. The van der Waals surface area contributed by atoms with Crippen LogP contribution >= 0.6 is 15.9 Å². The van der Waals surface area contributed by atoms with Gasteiger partial charge in [0.2, 0.25) is 0 Å². The number of hydrogen-bond acceptors (Lipinski definition) is 2. The molecule has 0 aromatic heterocycles. The first-order chi connectivity index (χ1) is 8.41. The topological polar surface area (TPSA) is 66.4 Å². The van der Waals surface area contributed by atoms with Crippen molar-refractivity contribution in [3.05, 3.63) is 34.3 Å². The Morgan fingerprint density at radius 1 is 1.33 bits per heavy atom. The highest BCUT2D eigenvalue weighted by Gasteiger charge is 2.22. The fourth-order valence-corrected chi connectivity index (χ4v) is 2.04. The molecule has 0 radical (unpaired) electrons. The van der Waals surface area contributed by atoms with Gasteiger partial charge < -0.3 is 10.4 Å². The SMILES string of the molecule is CC(C)C[C@H](NC(=O)c1ccccc1Br)C(=O)O. The number of benzene rings is 1. The number of carbonyl (C=O) groups is 2. The van der Waals surface area contributed by atoms with Crippen LogP contribution in [0.1, 0.15) is 30.6 Å². The molecule has 0 aliphatic carbocycles. The molecule has 0 aliphatic heterocycles. The van der Waals surface area contributed by atoms with Gasteiger partial charge in [0.25, 0.3) is 5.91 Å². The molecule has 98 valence electrons. The summed E-state index contributed by atoms with van der Waals surface area (Å²) in [5, 5.41) is 11.6. The summed E-state index contributed by atoms with van der Waals surface area (Å²) in [6.45, 7) is 3.83. The number of nitrogens with one attached hydrogen (secondary N) is 1. The van der Waals surface area contributed by atoms with E-state index >= 15 is 0 Å². The molecule has 0 aliphatic rings. The van der Waals surface area contributed by atoms with Crippen molar-refractivity contribution in [2.45, 2.75) is 26.3 Å². The van der Waals surface area contributed by atoms with Crippen molar-refractivity contribution < 1.29 is 14.7 Å². The van der Waals surface area contributed by atoms with Crippen LogP contribution in [0.25, 0.3) is 0 Å². The maximum Gasteiger partial charge on any atom is 0.326 e. The van der Waals surface area contributed by atoms with E-state index in [0.29, 0.717) is 16.5 Å². The second-order valence-electron chi connectivity index (χ2n) is 4.47. The summed E-state index contributed by atoms with van der Waals surface area (Å²) in [4.78, 5) is 23.0. The number of carboxylic acids is 1. The van der Waals surface area contributed by atoms with E-state index in [1.54, 1.807) is 24.3 Å². The highest BCUT2D eigenvalue weighted by atomic mass is 79.9. The Hall–Kier alpha value is -1.36. The van der Waals surface area contributed by atoms with Crippen molar-refractivity contribution >= 4 is 27.8 Å². The normalized spacial score (nSPS) is 12.2. The molecule has 0 unspecified atom stereocenters. The highest BCUT2D eigenvalue weighted by molar-refractivity contribution is 9.10. The lowest BCUT2D eigenvalue weighted by Crippen LogP contribution is -2.41. The maximum absolute atomic E-state index is 12.0. The fourth-order valence-electron chi connectivity index (χ4n) is 1.57. The summed E-state index contributed by atoms with van der Waals surface area (Å²) >= 11 is 3.27. The second kappa shape index (κ2) is 6.54. The number of halogens is 1. The molecular formula is C13H16BrNO3. The standard InChI is InChI=1S/C13H16BrNO3/c1-8(2)7-11(13(17)18)15-12(16)9-5-3-4-6-10(9)14/h3-6,8,11H,7H2,1-2H3,(H,15,16)(H,17,18)/t11-/m0/s1. The van der Waals surface area contributed by atoms with Crippen LogP contribution in [0.4, 0.5) is 0 Å². The second-order valence-corrected chi connectivity index (χ2v) is 5.33. The van der Waals surface area contributed by atoms with Gasteiger partial charge in [-0.2, -0.15) is 0 Å². The van der Waals surface area contributed by atoms with Gasteiger partial charge >= 0.3 is 5.97 Å². The lowest BCUT2D eigenvalue weighted by atomic mass is 10.0. The minimum atomic E-state index is -1.01. The van der Waals surface area contributed by atoms with Gasteiger partial charge in [-0.05, 0) is 40.4 Å². The summed E-state index contributed by atoms with van der Waals surface area (Å²) in [6.07, 6.45) is 0.408. The molecule has 5 heteroatoms. The zero-order valence-corrected chi connectivity index (χ0v) is 11.9. The van der Waals surface area contributed by atoms with Gasteiger partial charge in [0.15, 0.2) is 0 Å². The molecule has 0 saturated heterocycles. The third-order valence-electron chi connectivity index (χ3n) is 2.43. The average molecular weight is 314 g/mol. The van der Waals surface area contributed by atoms with E-state index in [2.05, 4.69) is 21.2 Å². The Labute approximate surface area is 115 Å². The van der Waals surface area contributed by atoms with Gasteiger partial charge in [-0.15, -0.1) is 0 Å². The van der Waals surface area contributed by atoms with Crippen molar-refractivity contribution in [1.29, 1.82) is 0 Å². The lowest BCUT2D eigenvalue weighted by molar-refractivity contribution is -0.139. The van der Waals surface area contributed by atoms with Gasteiger partial charge in [-0.1, -0.05) is 26.0 Å². The number of hydrogen-bond donors (Lipinski definition) is 2. The van der Waals surface area contributed by atoms with Gasteiger partial charge in [0.1, 0.15) is 6.04 Å². The minimum Gasteiger partial charge on any atom is -0.480 e. The Balaban J connectivity index is 2.79. The number of carboxylic acid groups (broad SMARTS) is 1. The van der Waals surface area contributed by atoms with Crippen LogP contribution in [0.15, 0.2) is 28.7 Å². The third kappa shape index (κ3) is 4.14. The van der Waals surface area contributed by atoms with Gasteiger partial charge in [-0.25, -0.2) is 4.79 Å². The summed E-state index contributed by atoms with van der Waals surface area (Å²) in [5.74, 6) is -1.19. The molecule has 1 aromatic carbocycles. The largest absolute Gasteiger partial charge is 0.480 e. The molecule has 0 spiro atoms. The van der Waals surface area contributed by atoms with E-state index in [1.807, 2.05) is 13.8 Å².